The predicted octanol–water partition coefficient (Wildman–Crippen LogP) is 4.83. The van der Waals surface area contributed by atoms with Gasteiger partial charge in [0.1, 0.15) is 5.58 Å². The van der Waals surface area contributed by atoms with E-state index >= 15 is 0 Å². The van der Waals surface area contributed by atoms with Crippen LogP contribution in [0, 0.1) is 0 Å². The molecule has 2 N–H and O–H groups in total. The number of anilines is 1. The number of carbonyl (C=O) groups excluding carboxylic acids is 1. The van der Waals surface area contributed by atoms with Crippen molar-refractivity contribution in [2.45, 2.75) is 12.3 Å². The number of nitrogens with zero attached hydrogens (tertiary/aromatic N) is 2. The maximum absolute atomic E-state index is 12.6. The predicted molar refractivity (Wildman–Crippen MR) is 117 cm³/mol. The molecule has 5 rings (SSSR count). The van der Waals surface area contributed by atoms with Crippen LogP contribution in [0.4, 0.5) is 6.01 Å². The van der Waals surface area contributed by atoms with Crippen molar-refractivity contribution in [1.82, 2.24) is 10.2 Å². The third kappa shape index (κ3) is 3.58. The lowest BCUT2D eigenvalue weighted by atomic mass is 9.92. The average molecular weight is 427 g/mol. The fourth-order valence-corrected chi connectivity index (χ4v) is 3.75. The van der Waals surface area contributed by atoms with E-state index in [0.29, 0.717) is 22.1 Å². The number of hydrogen-bond acceptors (Lipinski definition) is 6. The van der Waals surface area contributed by atoms with Crippen molar-refractivity contribution >= 4 is 39.6 Å². The van der Waals surface area contributed by atoms with Crippen LogP contribution in [-0.4, -0.2) is 27.2 Å². The quantitative estimate of drug-likeness (QED) is 0.398. The number of aromatic nitrogens is 2. The summed E-state index contributed by atoms with van der Waals surface area (Å²) in [6, 6.07) is 20.3. The Balaban J connectivity index is 1.41. The monoisotopic (exact) mass is 427 g/mol. The molecule has 0 fully saturated rings. The number of benzene rings is 3. The first-order valence-electron chi connectivity index (χ1n) is 9.90. The van der Waals surface area contributed by atoms with Gasteiger partial charge in [-0.25, -0.2) is 0 Å². The molecule has 1 atom stereocenters. The highest BCUT2D eigenvalue weighted by Gasteiger charge is 2.28. The molecule has 1 amide bonds. The van der Waals surface area contributed by atoms with Crippen LogP contribution in [0.15, 0.2) is 81.8 Å². The molecule has 1 unspecified atom stereocenters. The highest BCUT2D eigenvalue weighted by Crippen LogP contribution is 2.35. The number of carboxylic acids is 1. The van der Waals surface area contributed by atoms with E-state index in [2.05, 4.69) is 15.5 Å². The van der Waals surface area contributed by atoms with Gasteiger partial charge in [0, 0.05) is 22.9 Å². The topological polar surface area (TPSA) is 118 Å². The van der Waals surface area contributed by atoms with Crippen molar-refractivity contribution in [2.75, 3.05) is 5.32 Å². The number of rotatable bonds is 6. The van der Waals surface area contributed by atoms with E-state index in [1.54, 1.807) is 18.2 Å². The molecule has 0 bridgehead atoms. The Morgan fingerprint density at radius 1 is 0.969 bits per heavy atom. The molecule has 0 aliphatic rings. The van der Waals surface area contributed by atoms with Crippen molar-refractivity contribution in [3.63, 3.8) is 0 Å². The van der Waals surface area contributed by atoms with Crippen LogP contribution in [0.25, 0.3) is 33.2 Å². The van der Waals surface area contributed by atoms with Crippen molar-refractivity contribution < 1.29 is 23.5 Å². The number of aliphatic carboxylic acids is 1. The summed E-state index contributed by atoms with van der Waals surface area (Å²) in [7, 11) is 0. The van der Waals surface area contributed by atoms with Crippen LogP contribution >= 0.6 is 0 Å². The van der Waals surface area contributed by atoms with Gasteiger partial charge < -0.3 is 13.9 Å². The summed E-state index contributed by atoms with van der Waals surface area (Å²) in [5, 5.41) is 22.6. The van der Waals surface area contributed by atoms with Crippen LogP contribution in [0.5, 0.6) is 0 Å². The molecule has 158 valence electrons. The van der Waals surface area contributed by atoms with E-state index in [1.807, 2.05) is 48.5 Å². The zero-order valence-electron chi connectivity index (χ0n) is 16.7. The minimum atomic E-state index is -1.13. The van der Waals surface area contributed by atoms with Gasteiger partial charge in [0.25, 0.3) is 0 Å². The van der Waals surface area contributed by atoms with Gasteiger partial charge >= 0.3 is 12.0 Å². The Morgan fingerprint density at radius 2 is 1.75 bits per heavy atom. The highest BCUT2D eigenvalue weighted by atomic mass is 16.4. The molecule has 0 radical (unpaired) electrons. The van der Waals surface area contributed by atoms with E-state index < -0.39 is 17.8 Å². The highest BCUT2D eigenvalue weighted by molar-refractivity contribution is 6.09. The molecular formula is C24H17N3O5. The van der Waals surface area contributed by atoms with Gasteiger partial charge in [-0.3, -0.25) is 14.9 Å². The normalized spacial score (nSPS) is 12.1. The van der Waals surface area contributed by atoms with Gasteiger partial charge in [0.2, 0.25) is 11.8 Å². The molecule has 32 heavy (non-hydrogen) atoms. The van der Waals surface area contributed by atoms with Gasteiger partial charge in [-0.2, -0.15) is 0 Å². The number of hydrogen-bond donors (Lipinski definition) is 2. The van der Waals surface area contributed by atoms with Gasteiger partial charge in [0.15, 0.2) is 0 Å². The Kier molecular flexibility index (Phi) is 4.87. The van der Waals surface area contributed by atoms with Crippen molar-refractivity contribution in [2.24, 2.45) is 0 Å². The molecular weight excluding hydrogens is 410 g/mol. The summed E-state index contributed by atoms with van der Waals surface area (Å²) in [5.41, 5.74) is 1.71. The number of carbonyl (C=O) groups is 2. The summed E-state index contributed by atoms with van der Waals surface area (Å²) < 4.78 is 11.1. The average Bonchev–Trinajstić information content (AvgIpc) is 3.45. The summed E-state index contributed by atoms with van der Waals surface area (Å²) in [6.45, 7) is 0. The first-order chi connectivity index (χ1) is 15.6. The van der Waals surface area contributed by atoms with Crippen LogP contribution in [0.1, 0.15) is 17.9 Å². The molecule has 8 nitrogen and oxygen atoms in total. The molecule has 0 spiro atoms. The van der Waals surface area contributed by atoms with Gasteiger partial charge in [0.05, 0.1) is 12.2 Å². The minimum absolute atomic E-state index is 0.0968. The van der Waals surface area contributed by atoms with E-state index in [1.165, 1.54) is 6.26 Å². The van der Waals surface area contributed by atoms with Crippen LogP contribution in [-0.2, 0) is 9.59 Å². The standard InChI is InChI=1S/C24H17N3O5/c28-20(25-24-27-26-22(32-24)15-7-2-1-3-8-15)12-17(23(29)30)18-13-31-19-11-10-14-6-4-5-9-16(14)21(18)19/h1-11,13,17H,12H2,(H,29,30)(H,25,27,28). The third-order valence-corrected chi connectivity index (χ3v) is 5.25. The summed E-state index contributed by atoms with van der Waals surface area (Å²) >= 11 is 0. The van der Waals surface area contributed by atoms with Crippen LogP contribution < -0.4 is 5.32 Å². The van der Waals surface area contributed by atoms with Crippen molar-refractivity contribution in [3.05, 3.63) is 78.6 Å². The molecule has 8 heteroatoms. The fraction of sp³-hybridized carbons (Fsp3) is 0.0833. The lowest BCUT2D eigenvalue weighted by Gasteiger charge is -2.11. The van der Waals surface area contributed by atoms with Gasteiger partial charge in [-0.05, 0) is 29.0 Å². The molecule has 2 heterocycles. The van der Waals surface area contributed by atoms with Gasteiger partial charge in [-0.1, -0.05) is 53.6 Å². The Hall–Kier alpha value is -4.46. The Labute approximate surface area is 181 Å². The van der Waals surface area contributed by atoms with Crippen LogP contribution in [0.2, 0.25) is 0 Å². The summed E-state index contributed by atoms with van der Waals surface area (Å²) in [5.74, 6) is -2.55. The molecule has 0 aliphatic heterocycles. The molecule has 0 saturated carbocycles. The first kappa shape index (κ1) is 19.5. The number of carboxylic acid groups (broad SMARTS) is 1. The van der Waals surface area contributed by atoms with Crippen LogP contribution in [0.3, 0.4) is 0 Å². The number of nitrogens with one attached hydrogen (secondary N) is 1. The summed E-state index contributed by atoms with van der Waals surface area (Å²) in [6.07, 6.45) is 1.08. The third-order valence-electron chi connectivity index (χ3n) is 5.25. The number of furan rings is 1. The van der Waals surface area contributed by atoms with Crippen molar-refractivity contribution in [1.29, 1.82) is 0 Å². The van der Waals surface area contributed by atoms with E-state index in [4.69, 9.17) is 8.83 Å². The van der Waals surface area contributed by atoms with Gasteiger partial charge in [-0.15, -0.1) is 5.10 Å². The molecule has 0 saturated heterocycles. The maximum atomic E-state index is 12.6. The Bertz CT molecular complexity index is 1440. The van der Waals surface area contributed by atoms with Crippen molar-refractivity contribution in [3.8, 4) is 11.5 Å². The maximum Gasteiger partial charge on any atom is 0.322 e. The van der Waals surface area contributed by atoms with E-state index in [9.17, 15) is 14.7 Å². The second-order valence-electron chi connectivity index (χ2n) is 7.27. The second-order valence-corrected chi connectivity index (χ2v) is 7.27. The Morgan fingerprint density at radius 3 is 2.56 bits per heavy atom. The molecule has 0 aliphatic carbocycles. The zero-order chi connectivity index (χ0) is 22.1. The summed E-state index contributed by atoms with van der Waals surface area (Å²) in [4.78, 5) is 24.7. The lowest BCUT2D eigenvalue weighted by Crippen LogP contribution is -2.21. The first-order valence-corrected chi connectivity index (χ1v) is 9.90. The molecule has 2 aromatic heterocycles. The second kappa shape index (κ2) is 7.99. The zero-order valence-corrected chi connectivity index (χ0v) is 16.7. The van der Waals surface area contributed by atoms with E-state index in [-0.39, 0.29) is 18.3 Å². The molecule has 3 aromatic carbocycles. The lowest BCUT2D eigenvalue weighted by molar-refractivity contribution is -0.140. The largest absolute Gasteiger partial charge is 0.481 e. The smallest absolute Gasteiger partial charge is 0.322 e. The minimum Gasteiger partial charge on any atom is -0.481 e. The number of amides is 1. The fourth-order valence-electron chi connectivity index (χ4n) is 3.75. The number of fused-ring (bicyclic) bond motifs is 3. The molecule has 5 aromatic rings. The SMILES string of the molecule is O=C(CC(C(=O)O)c1coc2ccc3ccccc3c12)Nc1nnc(-c2ccccc2)o1. The van der Waals surface area contributed by atoms with E-state index in [0.717, 1.165) is 10.8 Å².